The van der Waals surface area contributed by atoms with Crippen LogP contribution < -0.4 is 10.1 Å². The van der Waals surface area contributed by atoms with Crippen molar-refractivity contribution < 1.29 is 4.74 Å². The Morgan fingerprint density at radius 2 is 2.06 bits per heavy atom. The average molecular weight is 235 g/mol. The van der Waals surface area contributed by atoms with Crippen LogP contribution in [0.4, 0.5) is 5.13 Å². The lowest BCUT2D eigenvalue weighted by molar-refractivity contribution is 0.414. The van der Waals surface area contributed by atoms with Gasteiger partial charge in [-0.3, -0.25) is 0 Å². The van der Waals surface area contributed by atoms with E-state index in [1.807, 2.05) is 24.3 Å². The van der Waals surface area contributed by atoms with Gasteiger partial charge in [-0.1, -0.05) is 23.5 Å². The number of anilines is 1. The van der Waals surface area contributed by atoms with Crippen molar-refractivity contribution in [1.29, 1.82) is 0 Å². The monoisotopic (exact) mass is 235 g/mol. The topological polar surface area (TPSA) is 47.0 Å². The second kappa shape index (κ2) is 4.94. The van der Waals surface area contributed by atoms with Gasteiger partial charge >= 0.3 is 0 Å². The maximum absolute atomic E-state index is 5.11. The minimum atomic E-state index is 0.207. The van der Waals surface area contributed by atoms with E-state index in [9.17, 15) is 0 Å². The van der Waals surface area contributed by atoms with Gasteiger partial charge in [-0.25, -0.2) is 0 Å². The van der Waals surface area contributed by atoms with Crippen LogP contribution in [0, 0.1) is 0 Å². The summed E-state index contributed by atoms with van der Waals surface area (Å²) < 4.78 is 5.11. The summed E-state index contributed by atoms with van der Waals surface area (Å²) in [6, 6.07) is 8.19. The number of methoxy groups -OCH3 is 1. The van der Waals surface area contributed by atoms with Crippen LogP contribution in [0.5, 0.6) is 5.75 Å². The molecule has 0 spiro atoms. The van der Waals surface area contributed by atoms with Gasteiger partial charge in [0.1, 0.15) is 11.3 Å². The highest BCUT2D eigenvalue weighted by molar-refractivity contribution is 7.13. The Hall–Kier alpha value is -1.62. The van der Waals surface area contributed by atoms with Crippen molar-refractivity contribution in [2.24, 2.45) is 0 Å². The normalized spacial score (nSPS) is 12.1. The SMILES string of the molecule is COc1ccc(C(C)Nc2nncs2)cc1. The molecule has 1 aromatic heterocycles. The minimum absolute atomic E-state index is 0.207. The molecule has 0 aliphatic carbocycles. The first kappa shape index (κ1) is 10.9. The van der Waals surface area contributed by atoms with E-state index in [0.29, 0.717) is 0 Å². The lowest BCUT2D eigenvalue weighted by atomic mass is 10.1. The van der Waals surface area contributed by atoms with Gasteiger partial charge in [-0.2, -0.15) is 0 Å². The number of aromatic nitrogens is 2. The van der Waals surface area contributed by atoms with Gasteiger partial charge in [0, 0.05) is 0 Å². The van der Waals surface area contributed by atoms with Crippen LogP contribution >= 0.6 is 11.3 Å². The number of ether oxygens (including phenoxy) is 1. The Morgan fingerprint density at radius 1 is 1.31 bits per heavy atom. The Morgan fingerprint density at radius 3 is 2.62 bits per heavy atom. The summed E-state index contributed by atoms with van der Waals surface area (Å²) in [4.78, 5) is 0. The Kier molecular flexibility index (Phi) is 3.36. The van der Waals surface area contributed by atoms with E-state index < -0.39 is 0 Å². The Balaban J connectivity index is 2.05. The van der Waals surface area contributed by atoms with Crippen LogP contribution in [0.15, 0.2) is 29.8 Å². The zero-order chi connectivity index (χ0) is 11.4. The van der Waals surface area contributed by atoms with Gasteiger partial charge in [-0.15, -0.1) is 10.2 Å². The molecule has 1 atom stereocenters. The van der Waals surface area contributed by atoms with Crippen LogP contribution in [0.2, 0.25) is 0 Å². The summed E-state index contributed by atoms with van der Waals surface area (Å²) in [6.45, 7) is 2.09. The van der Waals surface area contributed by atoms with Crippen LogP contribution in [0.3, 0.4) is 0 Å². The third-order valence-corrected chi connectivity index (χ3v) is 2.94. The predicted molar refractivity (Wildman–Crippen MR) is 64.9 cm³/mol. The van der Waals surface area contributed by atoms with E-state index in [2.05, 4.69) is 22.4 Å². The summed E-state index contributed by atoms with van der Waals surface area (Å²) in [5.41, 5.74) is 2.90. The van der Waals surface area contributed by atoms with Gasteiger partial charge in [0.25, 0.3) is 0 Å². The zero-order valence-corrected chi connectivity index (χ0v) is 9.99. The standard InChI is InChI=1S/C11H13N3OS/c1-8(13-11-14-12-7-16-11)9-3-5-10(15-2)6-4-9/h3-8H,1-2H3,(H,13,14). The van der Waals surface area contributed by atoms with Crippen molar-refractivity contribution in [2.45, 2.75) is 13.0 Å². The highest BCUT2D eigenvalue weighted by Gasteiger charge is 2.06. The van der Waals surface area contributed by atoms with Crippen LogP contribution in [0.1, 0.15) is 18.5 Å². The number of nitrogens with zero attached hydrogens (tertiary/aromatic N) is 2. The smallest absolute Gasteiger partial charge is 0.205 e. The fourth-order valence-electron chi connectivity index (χ4n) is 1.40. The summed E-state index contributed by atoms with van der Waals surface area (Å²) >= 11 is 1.50. The third-order valence-electron chi connectivity index (χ3n) is 2.32. The summed E-state index contributed by atoms with van der Waals surface area (Å²) in [7, 11) is 1.66. The van der Waals surface area contributed by atoms with Crippen molar-refractivity contribution in [3.8, 4) is 5.75 Å². The molecule has 5 heteroatoms. The quantitative estimate of drug-likeness (QED) is 0.885. The van der Waals surface area contributed by atoms with Crippen molar-refractivity contribution >= 4 is 16.5 Å². The second-order valence-electron chi connectivity index (χ2n) is 3.38. The third kappa shape index (κ3) is 2.49. The second-order valence-corrected chi connectivity index (χ2v) is 4.22. The van der Waals surface area contributed by atoms with E-state index >= 15 is 0 Å². The Bertz CT molecular complexity index is 427. The summed E-state index contributed by atoms with van der Waals surface area (Å²) in [5, 5.41) is 11.8. The van der Waals surface area contributed by atoms with Crippen LogP contribution in [-0.4, -0.2) is 17.3 Å². The molecule has 0 aliphatic heterocycles. The molecule has 0 saturated heterocycles. The predicted octanol–water partition coefficient (Wildman–Crippen LogP) is 2.72. The fraction of sp³-hybridized carbons (Fsp3) is 0.273. The molecule has 84 valence electrons. The summed E-state index contributed by atoms with van der Waals surface area (Å²) in [6.07, 6.45) is 0. The number of hydrogen-bond donors (Lipinski definition) is 1. The van der Waals surface area contributed by atoms with Crippen LogP contribution in [0.25, 0.3) is 0 Å². The zero-order valence-electron chi connectivity index (χ0n) is 9.18. The Labute approximate surface area is 98.3 Å². The lowest BCUT2D eigenvalue weighted by Gasteiger charge is -2.13. The van der Waals surface area contributed by atoms with Crippen molar-refractivity contribution in [2.75, 3.05) is 12.4 Å². The van der Waals surface area contributed by atoms with Gasteiger partial charge in [-0.05, 0) is 24.6 Å². The number of hydrogen-bond acceptors (Lipinski definition) is 5. The number of rotatable bonds is 4. The van der Waals surface area contributed by atoms with E-state index in [0.717, 1.165) is 10.9 Å². The lowest BCUT2D eigenvalue weighted by Crippen LogP contribution is -2.06. The molecule has 16 heavy (non-hydrogen) atoms. The molecule has 1 unspecified atom stereocenters. The number of nitrogens with one attached hydrogen (secondary N) is 1. The molecule has 0 fully saturated rings. The maximum Gasteiger partial charge on any atom is 0.205 e. The fourth-order valence-corrected chi connectivity index (χ4v) is 1.93. The summed E-state index contributed by atoms with van der Waals surface area (Å²) in [5.74, 6) is 0.867. The van der Waals surface area contributed by atoms with E-state index in [1.165, 1.54) is 16.9 Å². The molecule has 0 saturated carbocycles. The maximum atomic E-state index is 5.11. The molecule has 0 radical (unpaired) electrons. The van der Waals surface area contributed by atoms with Crippen molar-refractivity contribution in [3.63, 3.8) is 0 Å². The molecule has 1 N–H and O–H groups in total. The van der Waals surface area contributed by atoms with E-state index in [4.69, 9.17) is 4.74 Å². The molecule has 0 bridgehead atoms. The first-order valence-electron chi connectivity index (χ1n) is 4.96. The molecular weight excluding hydrogens is 222 g/mol. The largest absolute Gasteiger partial charge is 0.497 e. The molecule has 2 rings (SSSR count). The highest BCUT2D eigenvalue weighted by atomic mass is 32.1. The van der Waals surface area contributed by atoms with Gasteiger partial charge in [0.2, 0.25) is 5.13 Å². The van der Waals surface area contributed by atoms with E-state index in [-0.39, 0.29) is 6.04 Å². The molecular formula is C11H13N3OS. The van der Waals surface area contributed by atoms with Gasteiger partial charge < -0.3 is 10.1 Å². The van der Waals surface area contributed by atoms with E-state index in [1.54, 1.807) is 12.6 Å². The minimum Gasteiger partial charge on any atom is -0.497 e. The molecule has 4 nitrogen and oxygen atoms in total. The van der Waals surface area contributed by atoms with Gasteiger partial charge in [0.05, 0.1) is 13.2 Å². The molecule has 0 amide bonds. The molecule has 1 aromatic carbocycles. The van der Waals surface area contributed by atoms with Crippen molar-refractivity contribution in [1.82, 2.24) is 10.2 Å². The number of benzene rings is 1. The van der Waals surface area contributed by atoms with Gasteiger partial charge in [0.15, 0.2) is 0 Å². The van der Waals surface area contributed by atoms with Crippen molar-refractivity contribution in [3.05, 3.63) is 35.3 Å². The molecule has 0 aliphatic rings. The average Bonchev–Trinajstić information content (AvgIpc) is 2.82. The van der Waals surface area contributed by atoms with Crippen LogP contribution in [-0.2, 0) is 0 Å². The molecule has 1 heterocycles. The molecule has 2 aromatic rings. The first-order chi connectivity index (χ1) is 7.79. The first-order valence-corrected chi connectivity index (χ1v) is 5.84. The highest BCUT2D eigenvalue weighted by Crippen LogP contribution is 2.21.